The van der Waals surface area contributed by atoms with Crippen LogP contribution in [-0.2, 0) is 11.3 Å². The lowest BCUT2D eigenvalue weighted by Gasteiger charge is -2.26. The Hall–Kier alpha value is -1.72. The molecule has 0 fully saturated rings. The monoisotopic (exact) mass is 274 g/mol. The SMILES string of the molecule is CCCn1nncc1C(NC)C(OC)c1ccccc1. The summed E-state index contributed by atoms with van der Waals surface area (Å²) in [6, 6.07) is 10.2. The van der Waals surface area contributed by atoms with Crippen molar-refractivity contribution in [1.29, 1.82) is 0 Å². The number of ether oxygens (including phenoxy) is 1. The zero-order valence-electron chi connectivity index (χ0n) is 12.3. The highest BCUT2D eigenvalue weighted by molar-refractivity contribution is 5.22. The van der Waals surface area contributed by atoms with Crippen molar-refractivity contribution in [2.75, 3.05) is 14.2 Å². The maximum Gasteiger partial charge on any atom is 0.103 e. The van der Waals surface area contributed by atoms with E-state index < -0.39 is 0 Å². The first-order chi connectivity index (χ1) is 9.81. The van der Waals surface area contributed by atoms with Gasteiger partial charge in [-0.3, -0.25) is 0 Å². The fourth-order valence-electron chi connectivity index (χ4n) is 2.45. The van der Waals surface area contributed by atoms with E-state index in [-0.39, 0.29) is 12.1 Å². The van der Waals surface area contributed by atoms with Crippen LogP contribution in [0.5, 0.6) is 0 Å². The maximum absolute atomic E-state index is 5.71. The average Bonchev–Trinajstić information content (AvgIpc) is 2.94. The third-order valence-electron chi connectivity index (χ3n) is 3.40. The van der Waals surface area contributed by atoms with Crippen LogP contribution in [0, 0.1) is 0 Å². The lowest BCUT2D eigenvalue weighted by atomic mass is 10.00. The average molecular weight is 274 g/mol. The molecule has 1 aromatic heterocycles. The molecule has 0 radical (unpaired) electrons. The molecule has 0 aliphatic heterocycles. The van der Waals surface area contributed by atoms with E-state index in [1.54, 1.807) is 7.11 Å². The second-order valence-electron chi connectivity index (χ2n) is 4.72. The molecule has 1 heterocycles. The minimum absolute atomic E-state index is 0.0175. The summed E-state index contributed by atoms with van der Waals surface area (Å²) in [5, 5.41) is 11.5. The predicted molar refractivity (Wildman–Crippen MR) is 78.3 cm³/mol. The number of aromatic nitrogens is 3. The number of benzene rings is 1. The first kappa shape index (κ1) is 14.7. The van der Waals surface area contributed by atoms with Gasteiger partial charge in [0.25, 0.3) is 0 Å². The molecule has 2 unspecified atom stereocenters. The Balaban J connectivity index is 2.32. The van der Waals surface area contributed by atoms with Crippen LogP contribution in [0.3, 0.4) is 0 Å². The number of nitrogens with one attached hydrogen (secondary N) is 1. The zero-order chi connectivity index (χ0) is 14.4. The van der Waals surface area contributed by atoms with E-state index >= 15 is 0 Å². The molecule has 5 nitrogen and oxygen atoms in total. The zero-order valence-corrected chi connectivity index (χ0v) is 12.3. The van der Waals surface area contributed by atoms with Crippen LogP contribution in [0.4, 0.5) is 0 Å². The van der Waals surface area contributed by atoms with Gasteiger partial charge in [0.15, 0.2) is 0 Å². The van der Waals surface area contributed by atoms with Gasteiger partial charge in [0.1, 0.15) is 6.10 Å². The molecule has 0 saturated heterocycles. The third kappa shape index (κ3) is 3.05. The van der Waals surface area contributed by atoms with Gasteiger partial charge in [-0.15, -0.1) is 5.10 Å². The lowest BCUT2D eigenvalue weighted by Crippen LogP contribution is -2.27. The van der Waals surface area contributed by atoms with Crippen LogP contribution in [-0.4, -0.2) is 29.2 Å². The van der Waals surface area contributed by atoms with E-state index in [1.807, 2.05) is 36.1 Å². The Labute approximate surface area is 120 Å². The molecule has 0 aliphatic carbocycles. The maximum atomic E-state index is 5.71. The number of aryl methyl sites for hydroxylation is 1. The molecule has 20 heavy (non-hydrogen) atoms. The van der Waals surface area contributed by atoms with E-state index in [2.05, 4.69) is 34.7 Å². The van der Waals surface area contributed by atoms with Crippen molar-refractivity contribution in [1.82, 2.24) is 20.3 Å². The Bertz CT molecular complexity index is 512. The van der Waals surface area contributed by atoms with Crippen molar-refractivity contribution < 1.29 is 4.74 Å². The summed E-state index contributed by atoms with van der Waals surface area (Å²) in [5.74, 6) is 0. The van der Waals surface area contributed by atoms with Crippen molar-refractivity contribution in [3.63, 3.8) is 0 Å². The highest BCUT2D eigenvalue weighted by atomic mass is 16.5. The van der Waals surface area contributed by atoms with E-state index in [1.165, 1.54) is 0 Å². The second-order valence-corrected chi connectivity index (χ2v) is 4.72. The Kier molecular flexibility index (Phi) is 5.26. The van der Waals surface area contributed by atoms with Crippen LogP contribution in [0.25, 0.3) is 0 Å². The van der Waals surface area contributed by atoms with E-state index in [4.69, 9.17) is 4.74 Å². The normalized spacial score (nSPS) is 14.2. The molecule has 2 rings (SSSR count). The van der Waals surface area contributed by atoms with Gasteiger partial charge in [-0.2, -0.15) is 0 Å². The first-order valence-corrected chi connectivity index (χ1v) is 6.95. The molecule has 2 atom stereocenters. The molecular formula is C15H22N4O. The van der Waals surface area contributed by atoms with Gasteiger partial charge < -0.3 is 10.1 Å². The lowest BCUT2D eigenvalue weighted by molar-refractivity contribution is 0.0672. The summed E-state index contributed by atoms with van der Waals surface area (Å²) in [7, 11) is 3.67. The van der Waals surface area contributed by atoms with Crippen molar-refractivity contribution in [2.24, 2.45) is 0 Å². The Morgan fingerprint density at radius 2 is 2.05 bits per heavy atom. The minimum atomic E-state index is -0.0738. The predicted octanol–water partition coefficient (Wildman–Crippen LogP) is 2.34. The fourth-order valence-corrected chi connectivity index (χ4v) is 2.45. The highest BCUT2D eigenvalue weighted by Gasteiger charge is 2.26. The summed E-state index contributed by atoms with van der Waals surface area (Å²) >= 11 is 0. The van der Waals surface area contributed by atoms with Crippen molar-refractivity contribution in [3.05, 3.63) is 47.8 Å². The van der Waals surface area contributed by atoms with Crippen molar-refractivity contribution in [2.45, 2.75) is 32.0 Å². The molecule has 2 aromatic rings. The van der Waals surface area contributed by atoms with Gasteiger partial charge >= 0.3 is 0 Å². The summed E-state index contributed by atoms with van der Waals surface area (Å²) in [6.07, 6.45) is 2.76. The molecule has 1 aromatic carbocycles. The minimum Gasteiger partial charge on any atom is -0.375 e. The van der Waals surface area contributed by atoms with Crippen molar-refractivity contribution >= 4 is 0 Å². The van der Waals surface area contributed by atoms with E-state index in [9.17, 15) is 0 Å². The first-order valence-electron chi connectivity index (χ1n) is 6.95. The molecule has 0 amide bonds. The smallest absolute Gasteiger partial charge is 0.103 e. The molecule has 0 saturated carbocycles. The second kappa shape index (κ2) is 7.17. The molecule has 1 N–H and O–H groups in total. The molecular weight excluding hydrogens is 252 g/mol. The van der Waals surface area contributed by atoms with Crippen LogP contribution < -0.4 is 5.32 Å². The van der Waals surface area contributed by atoms with Gasteiger partial charge in [0.05, 0.1) is 17.9 Å². The largest absolute Gasteiger partial charge is 0.375 e. The molecule has 108 valence electrons. The van der Waals surface area contributed by atoms with Crippen LogP contribution >= 0.6 is 0 Å². The Morgan fingerprint density at radius 3 is 2.65 bits per heavy atom. The number of rotatable bonds is 7. The van der Waals surface area contributed by atoms with Gasteiger partial charge in [0.2, 0.25) is 0 Å². The molecule has 0 bridgehead atoms. The summed E-state index contributed by atoms with van der Waals surface area (Å²) in [6.45, 7) is 2.99. The summed E-state index contributed by atoms with van der Waals surface area (Å²) < 4.78 is 7.66. The number of methoxy groups -OCH3 is 1. The topological polar surface area (TPSA) is 52.0 Å². The molecule has 0 aliphatic rings. The molecule has 0 spiro atoms. The fraction of sp³-hybridized carbons (Fsp3) is 0.467. The number of likely N-dealkylation sites (N-methyl/N-ethyl adjacent to an activating group) is 1. The highest BCUT2D eigenvalue weighted by Crippen LogP contribution is 2.30. The van der Waals surface area contributed by atoms with Gasteiger partial charge in [-0.05, 0) is 19.0 Å². The van der Waals surface area contributed by atoms with Crippen LogP contribution in [0.1, 0.15) is 36.7 Å². The number of nitrogens with zero attached hydrogens (tertiary/aromatic N) is 3. The van der Waals surface area contributed by atoms with Crippen molar-refractivity contribution in [3.8, 4) is 0 Å². The van der Waals surface area contributed by atoms with Gasteiger partial charge in [-0.25, -0.2) is 4.68 Å². The Morgan fingerprint density at radius 1 is 1.30 bits per heavy atom. The van der Waals surface area contributed by atoms with E-state index in [0.29, 0.717) is 0 Å². The third-order valence-corrected chi connectivity index (χ3v) is 3.40. The number of hydrogen-bond acceptors (Lipinski definition) is 4. The summed E-state index contributed by atoms with van der Waals surface area (Å²) in [4.78, 5) is 0. The van der Waals surface area contributed by atoms with Gasteiger partial charge in [-0.1, -0.05) is 42.5 Å². The van der Waals surface area contributed by atoms with Gasteiger partial charge in [0, 0.05) is 13.7 Å². The van der Waals surface area contributed by atoms with E-state index in [0.717, 1.165) is 24.2 Å². The number of hydrogen-bond donors (Lipinski definition) is 1. The quantitative estimate of drug-likeness (QED) is 0.842. The van der Waals surface area contributed by atoms with Crippen LogP contribution in [0.15, 0.2) is 36.5 Å². The molecule has 5 heteroatoms. The standard InChI is InChI=1S/C15H22N4O/c1-4-10-19-13(11-17-18-19)14(16-2)15(20-3)12-8-6-5-7-9-12/h5-9,11,14-16H,4,10H2,1-3H3. The van der Waals surface area contributed by atoms with Crippen LogP contribution in [0.2, 0.25) is 0 Å². The summed E-state index contributed by atoms with van der Waals surface area (Å²) in [5.41, 5.74) is 2.18.